The Bertz CT molecular complexity index is 954. The zero-order chi connectivity index (χ0) is 19.9. The van der Waals surface area contributed by atoms with E-state index in [9.17, 15) is 4.79 Å². The molecule has 0 fully saturated rings. The van der Waals surface area contributed by atoms with Gasteiger partial charge in [0.2, 0.25) is 5.91 Å². The van der Waals surface area contributed by atoms with E-state index in [1.165, 1.54) is 11.8 Å². The highest BCUT2D eigenvalue weighted by atomic mass is 32.2. The van der Waals surface area contributed by atoms with Crippen LogP contribution in [0.25, 0.3) is 17.1 Å². The number of ether oxygens (including phenoxy) is 1. The van der Waals surface area contributed by atoms with Crippen molar-refractivity contribution in [2.45, 2.75) is 5.16 Å². The van der Waals surface area contributed by atoms with Crippen molar-refractivity contribution in [1.82, 2.24) is 25.6 Å². The molecule has 2 aromatic carbocycles. The standard InChI is InChI=1S/C20H21N5O2S/c1-14(15-9-11-17(27-3)12-10-15)21-22-18(26)13-28-20-24-23-19(25(20)2)16-7-5-4-6-8-16/h4-12,21H,1,13H2,2-3H3,(H,22,26). The number of aromatic nitrogens is 3. The lowest BCUT2D eigenvalue weighted by Crippen LogP contribution is -2.37. The number of nitrogens with zero attached hydrogens (tertiary/aromatic N) is 3. The van der Waals surface area contributed by atoms with Gasteiger partial charge < -0.3 is 9.30 Å². The van der Waals surface area contributed by atoms with Crippen molar-refractivity contribution < 1.29 is 9.53 Å². The summed E-state index contributed by atoms with van der Waals surface area (Å²) in [6, 6.07) is 17.2. The van der Waals surface area contributed by atoms with E-state index in [1.807, 2.05) is 66.2 Å². The minimum atomic E-state index is -0.191. The zero-order valence-corrected chi connectivity index (χ0v) is 16.5. The monoisotopic (exact) mass is 395 g/mol. The Morgan fingerprint density at radius 3 is 2.50 bits per heavy atom. The van der Waals surface area contributed by atoms with Crippen LogP contribution in [0.2, 0.25) is 0 Å². The Morgan fingerprint density at radius 1 is 1.11 bits per heavy atom. The first-order valence-electron chi connectivity index (χ1n) is 8.54. The Labute approximate surface area is 167 Å². The van der Waals surface area contributed by atoms with Crippen molar-refractivity contribution in [2.24, 2.45) is 7.05 Å². The summed E-state index contributed by atoms with van der Waals surface area (Å²) in [5.41, 5.74) is 7.89. The van der Waals surface area contributed by atoms with E-state index in [-0.39, 0.29) is 11.7 Å². The molecule has 0 atom stereocenters. The lowest BCUT2D eigenvalue weighted by molar-refractivity contribution is -0.119. The van der Waals surface area contributed by atoms with E-state index >= 15 is 0 Å². The highest BCUT2D eigenvalue weighted by Crippen LogP contribution is 2.22. The van der Waals surface area contributed by atoms with Gasteiger partial charge in [0.05, 0.1) is 18.6 Å². The molecular weight excluding hydrogens is 374 g/mol. The highest BCUT2D eigenvalue weighted by molar-refractivity contribution is 7.99. The van der Waals surface area contributed by atoms with Crippen LogP contribution in [0.1, 0.15) is 5.56 Å². The third-order valence-corrected chi connectivity index (χ3v) is 5.01. The second-order valence-electron chi connectivity index (χ2n) is 5.90. The molecule has 0 bridgehead atoms. The van der Waals surface area contributed by atoms with Gasteiger partial charge in [-0.15, -0.1) is 10.2 Å². The summed E-state index contributed by atoms with van der Waals surface area (Å²) < 4.78 is 7.00. The van der Waals surface area contributed by atoms with Crippen molar-refractivity contribution in [2.75, 3.05) is 12.9 Å². The summed E-state index contributed by atoms with van der Waals surface area (Å²) in [5, 5.41) is 9.05. The molecule has 3 rings (SSSR count). The molecule has 28 heavy (non-hydrogen) atoms. The predicted molar refractivity (Wildman–Crippen MR) is 110 cm³/mol. The summed E-state index contributed by atoms with van der Waals surface area (Å²) in [4.78, 5) is 12.1. The molecule has 1 aromatic heterocycles. The minimum absolute atomic E-state index is 0.191. The minimum Gasteiger partial charge on any atom is -0.497 e. The molecule has 0 aliphatic carbocycles. The fourth-order valence-corrected chi connectivity index (χ4v) is 3.17. The van der Waals surface area contributed by atoms with E-state index in [0.29, 0.717) is 10.9 Å². The second kappa shape index (κ2) is 9.09. The number of hydrazine groups is 1. The highest BCUT2D eigenvalue weighted by Gasteiger charge is 2.12. The number of hydrogen-bond donors (Lipinski definition) is 2. The molecule has 0 spiro atoms. The van der Waals surface area contributed by atoms with Crippen molar-refractivity contribution in [1.29, 1.82) is 0 Å². The maximum absolute atomic E-state index is 12.1. The fraction of sp³-hybridized carbons (Fsp3) is 0.150. The zero-order valence-electron chi connectivity index (χ0n) is 15.7. The van der Waals surface area contributed by atoms with Gasteiger partial charge in [-0.3, -0.25) is 15.6 Å². The maximum atomic E-state index is 12.1. The summed E-state index contributed by atoms with van der Waals surface area (Å²) in [5.74, 6) is 1.53. The number of methoxy groups -OCH3 is 1. The van der Waals surface area contributed by atoms with Gasteiger partial charge in [-0.1, -0.05) is 48.7 Å². The fourth-order valence-electron chi connectivity index (χ4n) is 2.45. The number of nitrogens with one attached hydrogen (secondary N) is 2. The van der Waals surface area contributed by atoms with Crippen LogP contribution in [0.15, 0.2) is 66.3 Å². The Balaban J connectivity index is 1.50. The molecule has 3 aromatic rings. The first-order chi connectivity index (χ1) is 13.6. The number of thioether (sulfide) groups is 1. The SMILES string of the molecule is C=C(NNC(=O)CSc1nnc(-c2ccccc2)n1C)c1ccc(OC)cc1. The molecule has 0 aliphatic heterocycles. The lowest BCUT2D eigenvalue weighted by atomic mass is 10.2. The largest absolute Gasteiger partial charge is 0.497 e. The van der Waals surface area contributed by atoms with Gasteiger partial charge in [-0.05, 0) is 29.8 Å². The van der Waals surface area contributed by atoms with E-state index in [2.05, 4.69) is 27.6 Å². The van der Waals surface area contributed by atoms with Crippen molar-refractivity contribution in [3.05, 3.63) is 66.7 Å². The molecule has 0 saturated carbocycles. The van der Waals surface area contributed by atoms with Crippen LogP contribution < -0.4 is 15.6 Å². The smallest absolute Gasteiger partial charge is 0.248 e. The van der Waals surface area contributed by atoms with Gasteiger partial charge in [0.1, 0.15) is 5.75 Å². The van der Waals surface area contributed by atoms with Gasteiger partial charge in [-0.2, -0.15) is 0 Å². The first-order valence-corrected chi connectivity index (χ1v) is 9.53. The molecule has 0 saturated heterocycles. The summed E-state index contributed by atoms with van der Waals surface area (Å²) in [6.07, 6.45) is 0. The van der Waals surface area contributed by atoms with Crippen molar-refractivity contribution in [3.8, 4) is 17.1 Å². The number of carbonyl (C=O) groups excluding carboxylic acids is 1. The van der Waals surface area contributed by atoms with E-state index in [4.69, 9.17) is 4.74 Å². The Kier molecular flexibility index (Phi) is 6.33. The van der Waals surface area contributed by atoms with Crippen molar-refractivity contribution >= 4 is 23.4 Å². The Hall–Kier alpha value is -3.26. The van der Waals surface area contributed by atoms with Crippen LogP contribution in [-0.4, -0.2) is 33.5 Å². The van der Waals surface area contributed by atoms with Gasteiger partial charge in [0.25, 0.3) is 0 Å². The molecule has 1 heterocycles. The molecule has 0 aliphatic rings. The lowest BCUT2D eigenvalue weighted by Gasteiger charge is -2.11. The maximum Gasteiger partial charge on any atom is 0.248 e. The molecular formula is C20H21N5O2S. The van der Waals surface area contributed by atoms with Gasteiger partial charge in [0.15, 0.2) is 11.0 Å². The van der Waals surface area contributed by atoms with Crippen LogP contribution in [0.5, 0.6) is 5.75 Å². The number of benzene rings is 2. The molecule has 8 heteroatoms. The number of carbonyl (C=O) groups is 1. The predicted octanol–water partition coefficient (Wildman–Crippen LogP) is 2.87. The molecule has 144 valence electrons. The number of hydrogen-bond acceptors (Lipinski definition) is 6. The van der Waals surface area contributed by atoms with Gasteiger partial charge in [0, 0.05) is 12.6 Å². The van der Waals surface area contributed by atoms with Crippen LogP contribution in [-0.2, 0) is 11.8 Å². The topological polar surface area (TPSA) is 81.1 Å². The third kappa shape index (κ3) is 4.72. The molecule has 7 nitrogen and oxygen atoms in total. The van der Waals surface area contributed by atoms with Crippen molar-refractivity contribution in [3.63, 3.8) is 0 Å². The van der Waals surface area contributed by atoms with Gasteiger partial charge in [-0.25, -0.2) is 0 Å². The Morgan fingerprint density at radius 2 is 1.82 bits per heavy atom. The molecule has 1 amide bonds. The number of rotatable bonds is 8. The summed E-state index contributed by atoms with van der Waals surface area (Å²) in [7, 11) is 3.49. The normalized spacial score (nSPS) is 10.4. The second-order valence-corrected chi connectivity index (χ2v) is 6.84. The summed E-state index contributed by atoms with van der Waals surface area (Å²) >= 11 is 1.31. The van der Waals surface area contributed by atoms with E-state index in [0.717, 1.165) is 22.7 Å². The average molecular weight is 395 g/mol. The molecule has 2 N–H and O–H groups in total. The number of amides is 1. The third-order valence-electron chi connectivity index (χ3n) is 3.99. The van der Waals surface area contributed by atoms with Crippen LogP contribution in [0, 0.1) is 0 Å². The summed E-state index contributed by atoms with van der Waals surface area (Å²) in [6.45, 7) is 3.92. The van der Waals surface area contributed by atoms with Crippen LogP contribution in [0.3, 0.4) is 0 Å². The average Bonchev–Trinajstić information content (AvgIpc) is 3.11. The van der Waals surface area contributed by atoms with E-state index < -0.39 is 0 Å². The first kappa shape index (κ1) is 19.5. The van der Waals surface area contributed by atoms with Crippen LogP contribution >= 0.6 is 11.8 Å². The quantitative estimate of drug-likeness (QED) is 0.451. The molecule has 0 radical (unpaired) electrons. The van der Waals surface area contributed by atoms with Crippen LogP contribution in [0.4, 0.5) is 0 Å². The van der Waals surface area contributed by atoms with Gasteiger partial charge >= 0.3 is 0 Å². The molecule has 0 unspecified atom stereocenters. The van der Waals surface area contributed by atoms with E-state index in [1.54, 1.807) is 7.11 Å².